The number of rotatable bonds is 1. The lowest BCUT2D eigenvalue weighted by molar-refractivity contribution is 0.886. The fourth-order valence-electron chi connectivity index (χ4n) is 1.57. The third-order valence-electron chi connectivity index (χ3n) is 2.28. The van der Waals surface area contributed by atoms with Gasteiger partial charge in [-0.15, -0.1) is 5.10 Å². The Kier molecular flexibility index (Phi) is 2.25. The van der Waals surface area contributed by atoms with Gasteiger partial charge in [0, 0.05) is 16.9 Å². The van der Waals surface area contributed by atoms with Crippen molar-refractivity contribution >= 4 is 32.9 Å². The quantitative estimate of drug-likeness (QED) is 0.735. The zero-order chi connectivity index (χ0) is 11.8. The van der Waals surface area contributed by atoms with Gasteiger partial charge in [-0.1, -0.05) is 0 Å². The molecule has 7 heteroatoms. The number of hydrogen-bond donors (Lipinski definition) is 1. The minimum Gasteiger partial charge on any atom is -0.366 e. The molecule has 3 heterocycles. The van der Waals surface area contributed by atoms with Crippen LogP contribution in [0.2, 0.25) is 0 Å². The van der Waals surface area contributed by atoms with Gasteiger partial charge in [-0.25, -0.2) is 9.67 Å². The van der Waals surface area contributed by atoms with E-state index in [4.69, 9.17) is 5.73 Å². The van der Waals surface area contributed by atoms with Gasteiger partial charge < -0.3 is 5.73 Å². The van der Waals surface area contributed by atoms with Crippen molar-refractivity contribution in [2.75, 3.05) is 5.73 Å². The van der Waals surface area contributed by atoms with Crippen molar-refractivity contribution in [2.24, 2.45) is 0 Å². The zero-order valence-corrected chi connectivity index (χ0v) is 10.2. The van der Waals surface area contributed by atoms with Crippen molar-refractivity contribution in [3.63, 3.8) is 0 Å². The lowest BCUT2D eigenvalue weighted by Crippen LogP contribution is -1.99. The molecule has 0 saturated carbocycles. The van der Waals surface area contributed by atoms with Gasteiger partial charge in [-0.3, -0.25) is 9.97 Å². The first kappa shape index (κ1) is 10.2. The van der Waals surface area contributed by atoms with Crippen molar-refractivity contribution in [1.29, 1.82) is 0 Å². The molecule has 0 atom stereocenters. The molecule has 0 aliphatic rings. The molecule has 0 radical (unpaired) electrons. The van der Waals surface area contributed by atoms with E-state index in [0.717, 1.165) is 21.2 Å². The molecule has 84 valence electrons. The maximum atomic E-state index is 5.50. The molecule has 2 N–H and O–H groups in total. The molecule has 0 aliphatic carbocycles. The van der Waals surface area contributed by atoms with E-state index in [1.807, 2.05) is 12.1 Å². The molecule has 0 spiro atoms. The summed E-state index contributed by atoms with van der Waals surface area (Å²) in [4.78, 5) is 12.5. The summed E-state index contributed by atoms with van der Waals surface area (Å²) in [6.07, 6.45) is 4.96. The van der Waals surface area contributed by atoms with Crippen LogP contribution in [0.15, 0.2) is 35.3 Å². The van der Waals surface area contributed by atoms with Gasteiger partial charge in [-0.05, 0) is 28.1 Å². The summed E-state index contributed by atoms with van der Waals surface area (Å²) in [6.45, 7) is 0. The molecule has 0 unspecified atom stereocenters. The summed E-state index contributed by atoms with van der Waals surface area (Å²) >= 11 is 3.36. The number of nitrogens with zero attached hydrogens (tertiary/aromatic N) is 5. The van der Waals surface area contributed by atoms with Crippen LogP contribution in [0.3, 0.4) is 0 Å². The fourth-order valence-corrected chi connectivity index (χ4v) is 1.89. The monoisotopic (exact) mass is 290 g/mol. The predicted octanol–water partition coefficient (Wildman–Crippen LogP) is 1.56. The molecule has 3 aromatic rings. The molecule has 0 amide bonds. The maximum Gasteiger partial charge on any atom is 0.239 e. The van der Waals surface area contributed by atoms with Crippen molar-refractivity contribution in [1.82, 2.24) is 24.7 Å². The molecular weight excluding hydrogens is 284 g/mol. The highest BCUT2D eigenvalue weighted by Crippen LogP contribution is 2.20. The fraction of sp³-hybridized carbons (Fsp3) is 0. The highest BCUT2D eigenvalue weighted by atomic mass is 79.9. The van der Waals surface area contributed by atoms with Crippen LogP contribution in [0.4, 0.5) is 5.95 Å². The van der Waals surface area contributed by atoms with E-state index < -0.39 is 0 Å². The smallest absolute Gasteiger partial charge is 0.239 e. The number of pyridine rings is 2. The predicted molar refractivity (Wildman–Crippen MR) is 66.6 cm³/mol. The van der Waals surface area contributed by atoms with E-state index in [0.29, 0.717) is 0 Å². The van der Waals surface area contributed by atoms with E-state index in [2.05, 4.69) is 36.0 Å². The molecule has 0 saturated heterocycles. The SMILES string of the molecule is Nc1ncn(-c2ccnc3cc(Br)cnc23)n1. The average molecular weight is 291 g/mol. The van der Waals surface area contributed by atoms with E-state index in [1.54, 1.807) is 23.4 Å². The second-order valence-corrected chi connectivity index (χ2v) is 4.31. The lowest BCUT2D eigenvalue weighted by Gasteiger charge is -2.04. The Morgan fingerprint density at radius 3 is 2.88 bits per heavy atom. The van der Waals surface area contributed by atoms with Gasteiger partial charge in [-0.2, -0.15) is 0 Å². The maximum absolute atomic E-state index is 5.50. The van der Waals surface area contributed by atoms with Gasteiger partial charge in [0.25, 0.3) is 0 Å². The Morgan fingerprint density at radius 1 is 1.24 bits per heavy atom. The van der Waals surface area contributed by atoms with Crippen molar-refractivity contribution in [3.05, 3.63) is 35.3 Å². The second-order valence-electron chi connectivity index (χ2n) is 3.40. The number of anilines is 1. The van der Waals surface area contributed by atoms with E-state index in [-0.39, 0.29) is 5.95 Å². The molecule has 6 nitrogen and oxygen atoms in total. The first-order chi connectivity index (χ1) is 8.24. The van der Waals surface area contributed by atoms with Crippen LogP contribution in [0, 0.1) is 0 Å². The molecule has 0 aliphatic heterocycles. The standard InChI is InChI=1S/C10H7BrN6/c11-6-3-7-9(14-4-6)8(1-2-13-7)17-5-15-10(12)16-17/h1-5H,(H2,12,16). The summed E-state index contributed by atoms with van der Waals surface area (Å²) in [5, 5.41) is 4.06. The lowest BCUT2D eigenvalue weighted by atomic mass is 10.3. The normalized spacial score (nSPS) is 10.9. The first-order valence-corrected chi connectivity index (χ1v) is 5.61. The van der Waals surface area contributed by atoms with Gasteiger partial charge in [0.2, 0.25) is 5.95 Å². The van der Waals surface area contributed by atoms with Crippen molar-refractivity contribution in [2.45, 2.75) is 0 Å². The minimum atomic E-state index is 0.229. The van der Waals surface area contributed by atoms with E-state index in [9.17, 15) is 0 Å². The van der Waals surface area contributed by atoms with Crippen LogP contribution in [0.25, 0.3) is 16.7 Å². The Morgan fingerprint density at radius 2 is 2.12 bits per heavy atom. The van der Waals surface area contributed by atoms with E-state index >= 15 is 0 Å². The summed E-state index contributed by atoms with van der Waals surface area (Å²) < 4.78 is 2.47. The minimum absolute atomic E-state index is 0.229. The molecule has 3 aromatic heterocycles. The molecule has 0 aromatic carbocycles. The Bertz CT molecular complexity index is 692. The molecule has 3 rings (SSSR count). The van der Waals surface area contributed by atoms with Crippen LogP contribution in [0.5, 0.6) is 0 Å². The third kappa shape index (κ3) is 1.74. The number of aromatic nitrogens is 5. The summed E-state index contributed by atoms with van der Waals surface area (Å²) in [5.74, 6) is 0.229. The van der Waals surface area contributed by atoms with Crippen LogP contribution in [-0.2, 0) is 0 Å². The highest BCUT2D eigenvalue weighted by Gasteiger charge is 2.07. The van der Waals surface area contributed by atoms with Crippen molar-refractivity contribution in [3.8, 4) is 5.69 Å². The van der Waals surface area contributed by atoms with E-state index in [1.165, 1.54) is 0 Å². The van der Waals surface area contributed by atoms with Crippen LogP contribution >= 0.6 is 15.9 Å². The van der Waals surface area contributed by atoms with Gasteiger partial charge in [0.15, 0.2) is 0 Å². The Hall–Kier alpha value is -2.02. The highest BCUT2D eigenvalue weighted by molar-refractivity contribution is 9.10. The summed E-state index contributed by atoms with van der Waals surface area (Å²) in [5.41, 5.74) is 7.83. The third-order valence-corrected chi connectivity index (χ3v) is 2.71. The van der Waals surface area contributed by atoms with Gasteiger partial charge in [0.1, 0.15) is 11.8 Å². The van der Waals surface area contributed by atoms with Crippen LogP contribution < -0.4 is 5.73 Å². The number of halogens is 1. The van der Waals surface area contributed by atoms with Crippen LogP contribution in [0.1, 0.15) is 0 Å². The summed E-state index contributed by atoms with van der Waals surface area (Å²) in [6, 6.07) is 3.71. The van der Waals surface area contributed by atoms with Crippen LogP contribution in [-0.4, -0.2) is 24.7 Å². The number of hydrogen-bond acceptors (Lipinski definition) is 5. The zero-order valence-electron chi connectivity index (χ0n) is 8.58. The Balaban J connectivity index is 2.30. The first-order valence-electron chi connectivity index (χ1n) is 4.82. The number of nitrogens with two attached hydrogens (primary N) is 1. The molecular formula is C10H7BrN6. The second kappa shape index (κ2) is 3.77. The molecule has 0 bridgehead atoms. The Labute approximate surface area is 105 Å². The molecule has 17 heavy (non-hydrogen) atoms. The largest absolute Gasteiger partial charge is 0.366 e. The van der Waals surface area contributed by atoms with Gasteiger partial charge >= 0.3 is 0 Å². The summed E-state index contributed by atoms with van der Waals surface area (Å²) in [7, 11) is 0. The molecule has 0 fully saturated rings. The number of nitrogen functional groups attached to an aromatic ring is 1. The van der Waals surface area contributed by atoms with Gasteiger partial charge in [0.05, 0.1) is 11.2 Å². The number of fused-ring (bicyclic) bond motifs is 1. The average Bonchev–Trinajstić information content (AvgIpc) is 2.74. The van der Waals surface area contributed by atoms with Crippen molar-refractivity contribution < 1.29 is 0 Å². The topological polar surface area (TPSA) is 82.5 Å².